The fourth-order valence-corrected chi connectivity index (χ4v) is 4.46. The molecule has 0 radical (unpaired) electrons. The maximum Gasteiger partial charge on any atom is 0.254 e. The van der Waals surface area contributed by atoms with Gasteiger partial charge in [0, 0.05) is 37.7 Å². The fraction of sp³-hybridized carbons (Fsp3) is 0.600. The van der Waals surface area contributed by atoms with Gasteiger partial charge in [0.05, 0.1) is 7.11 Å². The first-order valence-electron chi connectivity index (χ1n) is 9.56. The van der Waals surface area contributed by atoms with Crippen LogP contribution in [-0.2, 0) is 4.79 Å². The Balaban J connectivity index is 1.32. The molecule has 1 aromatic carbocycles. The molecule has 1 saturated carbocycles. The van der Waals surface area contributed by atoms with Gasteiger partial charge in [0.1, 0.15) is 5.75 Å². The van der Waals surface area contributed by atoms with E-state index in [1.807, 2.05) is 28.0 Å². The van der Waals surface area contributed by atoms with E-state index in [-0.39, 0.29) is 17.2 Å². The van der Waals surface area contributed by atoms with Crippen molar-refractivity contribution < 1.29 is 14.3 Å². The smallest absolute Gasteiger partial charge is 0.254 e. The summed E-state index contributed by atoms with van der Waals surface area (Å²) in [5.41, 5.74) is 0.913. The number of ether oxygens (including phenoxy) is 1. The number of piperidine rings is 1. The summed E-state index contributed by atoms with van der Waals surface area (Å²) in [7, 11) is 1.60. The second kappa shape index (κ2) is 6.91. The first-order valence-corrected chi connectivity index (χ1v) is 9.56. The second-order valence-corrected chi connectivity index (χ2v) is 7.72. The molecule has 2 aliphatic heterocycles. The summed E-state index contributed by atoms with van der Waals surface area (Å²) in [5.74, 6) is 1.22. The molecule has 1 unspecified atom stereocenters. The number of hydrogen-bond donors (Lipinski definition) is 1. The second-order valence-electron chi connectivity index (χ2n) is 7.72. The molecule has 1 atom stereocenters. The zero-order valence-corrected chi connectivity index (χ0v) is 15.4. The van der Waals surface area contributed by atoms with E-state index in [1.54, 1.807) is 13.2 Å². The zero-order chi connectivity index (χ0) is 18.1. The molecule has 2 amide bonds. The highest BCUT2D eigenvalue weighted by atomic mass is 16.5. The molecule has 4 rings (SSSR count). The van der Waals surface area contributed by atoms with Crippen molar-refractivity contribution in [3.8, 4) is 5.75 Å². The van der Waals surface area contributed by atoms with Gasteiger partial charge >= 0.3 is 0 Å². The number of carbonyl (C=O) groups excluding carboxylic acids is 2. The molecule has 3 fully saturated rings. The summed E-state index contributed by atoms with van der Waals surface area (Å²) < 4.78 is 5.20. The van der Waals surface area contributed by atoms with Crippen LogP contribution in [-0.4, -0.2) is 68.0 Å². The third-order valence-corrected chi connectivity index (χ3v) is 6.28. The van der Waals surface area contributed by atoms with Gasteiger partial charge in [0.2, 0.25) is 5.91 Å². The van der Waals surface area contributed by atoms with Crippen LogP contribution in [0, 0.1) is 11.3 Å². The molecule has 0 aromatic heterocycles. The van der Waals surface area contributed by atoms with Gasteiger partial charge in [-0.05, 0) is 56.0 Å². The van der Waals surface area contributed by atoms with Gasteiger partial charge in [-0.3, -0.25) is 9.59 Å². The molecule has 26 heavy (non-hydrogen) atoms. The molecule has 140 valence electrons. The fourth-order valence-electron chi connectivity index (χ4n) is 4.46. The molecule has 6 nitrogen and oxygen atoms in total. The average molecular weight is 357 g/mol. The molecule has 1 N–H and O–H groups in total. The lowest BCUT2D eigenvalue weighted by Gasteiger charge is -2.35. The van der Waals surface area contributed by atoms with Gasteiger partial charge in [-0.25, -0.2) is 0 Å². The Kier molecular flexibility index (Phi) is 4.61. The van der Waals surface area contributed by atoms with Crippen LogP contribution in [0.15, 0.2) is 24.3 Å². The minimum atomic E-state index is 0.0113. The van der Waals surface area contributed by atoms with Crippen LogP contribution in [0.1, 0.15) is 29.6 Å². The van der Waals surface area contributed by atoms with Crippen LogP contribution in [0.5, 0.6) is 5.75 Å². The normalized spacial score (nSPS) is 24.4. The van der Waals surface area contributed by atoms with Crippen molar-refractivity contribution in [2.75, 3.05) is 46.4 Å². The van der Waals surface area contributed by atoms with Crippen LogP contribution >= 0.6 is 0 Å². The third kappa shape index (κ3) is 3.18. The van der Waals surface area contributed by atoms with Crippen LogP contribution < -0.4 is 10.1 Å². The number of nitrogens with zero attached hydrogens (tertiary/aromatic N) is 2. The Morgan fingerprint density at radius 3 is 2.50 bits per heavy atom. The number of methoxy groups -OCH3 is 1. The van der Waals surface area contributed by atoms with Crippen LogP contribution in [0.4, 0.5) is 0 Å². The van der Waals surface area contributed by atoms with E-state index in [0.717, 1.165) is 32.4 Å². The average Bonchev–Trinajstić information content (AvgIpc) is 3.40. The molecular formula is C20H27N3O3. The van der Waals surface area contributed by atoms with E-state index < -0.39 is 0 Å². The van der Waals surface area contributed by atoms with Crippen molar-refractivity contribution in [2.24, 2.45) is 11.3 Å². The van der Waals surface area contributed by atoms with Crippen molar-refractivity contribution in [1.82, 2.24) is 15.1 Å². The van der Waals surface area contributed by atoms with Crippen LogP contribution in [0.2, 0.25) is 0 Å². The summed E-state index contributed by atoms with van der Waals surface area (Å²) in [6, 6.07) is 7.25. The lowest BCUT2D eigenvalue weighted by Crippen LogP contribution is -2.51. The first-order chi connectivity index (χ1) is 12.6. The van der Waals surface area contributed by atoms with E-state index in [0.29, 0.717) is 43.4 Å². The number of carbonyl (C=O) groups is 2. The van der Waals surface area contributed by atoms with Gasteiger partial charge in [-0.15, -0.1) is 0 Å². The Hall–Kier alpha value is -2.08. The molecule has 3 aliphatic rings. The number of hydrogen-bond acceptors (Lipinski definition) is 4. The molecule has 2 heterocycles. The number of nitrogens with one attached hydrogen (secondary N) is 1. The summed E-state index contributed by atoms with van der Waals surface area (Å²) in [5, 5.41) is 3.38. The number of rotatable bonds is 3. The van der Waals surface area contributed by atoms with Gasteiger partial charge in [0.15, 0.2) is 0 Å². The summed E-state index contributed by atoms with van der Waals surface area (Å²) in [6.45, 7) is 4.55. The third-order valence-electron chi connectivity index (χ3n) is 6.28. The minimum absolute atomic E-state index is 0.0113. The Labute approximate surface area is 154 Å². The van der Waals surface area contributed by atoms with E-state index in [9.17, 15) is 9.59 Å². The maximum absolute atomic E-state index is 12.8. The predicted octanol–water partition coefficient (Wildman–Crippen LogP) is 1.37. The van der Waals surface area contributed by atoms with Gasteiger partial charge in [-0.1, -0.05) is 6.07 Å². The predicted molar refractivity (Wildman–Crippen MR) is 98.1 cm³/mol. The highest BCUT2D eigenvalue weighted by molar-refractivity contribution is 5.95. The highest BCUT2D eigenvalue weighted by Crippen LogP contribution is 2.59. The largest absolute Gasteiger partial charge is 0.497 e. The van der Waals surface area contributed by atoms with E-state index in [4.69, 9.17) is 4.74 Å². The van der Waals surface area contributed by atoms with Crippen LogP contribution in [0.25, 0.3) is 0 Å². The Morgan fingerprint density at radius 2 is 1.81 bits per heavy atom. The summed E-state index contributed by atoms with van der Waals surface area (Å²) in [4.78, 5) is 29.4. The molecule has 2 saturated heterocycles. The van der Waals surface area contributed by atoms with E-state index in [1.165, 1.54) is 0 Å². The number of piperazine rings is 1. The van der Waals surface area contributed by atoms with Crippen molar-refractivity contribution in [2.45, 2.75) is 19.3 Å². The minimum Gasteiger partial charge on any atom is -0.497 e. The number of benzene rings is 1. The van der Waals surface area contributed by atoms with Crippen molar-refractivity contribution in [1.29, 1.82) is 0 Å². The monoisotopic (exact) mass is 357 g/mol. The molecule has 1 aromatic rings. The van der Waals surface area contributed by atoms with E-state index in [2.05, 4.69) is 5.32 Å². The highest BCUT2D eigenvalue weighted by Gasteiger charge is 2.58. The standard InChI is InChI=1S/C20H27N3O3/c1-26-16-4-2-3-15(13-16)18(24)22-9-11-23(12-10-22)19(25)17-14-20(17)5-7-21-8-6-20/h2-4,13,17,21H,5-12,14H2,1H3. The maximum atomic E-state index is 12.8. The first kappa shape index (κ1) is 17.3. The molecule has 1 aliphatic carbocycles. The molecular weight excluding hydrogens is 330 g/mol. The van der Waals surface area contributed by atoms with Crippen LogP contribution in [0.3, 0.4) is 0 Å². The quantitative estimate of drug-likeness (QED) is 0.888. The lowest BCUT2D eigenvalue weighted by atomic mass is 9.91. The SMILES string of the molecule is COc1cccc(C(=O)N2CCN(C(=O)C3CC34CCNCC4)CC2)c1. The van der Waals surface area contributed by atoms with Gasteiger partial charge < -0.3 is 19.9 Å². The van der Waals surface area contributed by atoms with Crippen molar-refractivity contribution in [3.63, 3.8) is 0 Å². The molecule has 6 heteroatoms. The number of amides is 2. The molecule has 0 bridgehead atoms. The topological polar surface area (TPSA) is 61.9 Å². The Bertz CT molecular complexity index is 691. The summed E-state index contributed by atoms with van der Waals surface area (Å²) >= 11 is 0. The van der Waals surface area contributed by atoms with E-state index >= 15 is 0 Å². The Morgan fingerprint density at radius 1 is 1.12 bits per heavy atom. The van der Waals surface area contributed by atoms with Crippen molar-refractivity contribution >= 4 is 11.8 Å². The van der Waals surface area contributed by atoms with Gasteiger partial charge in [0.25, 0.3) is 5.91 Å². The van der Waals surface area contributed by atoms with Crippen molar-refractivity contribution in [3.05, 3.63) is 29.8 Å². The zero-order valence-electron chi connectivity index (χ0n) is 15.4. The van der Waals surface area contributed by atoms with Gasteiger partial charge in [-0.2, -0.15) is 0 Å². The molecule has 1 spiro atoms. The lowest BCUT2D eigenvalue weighted by molar-refractivity contribution is -0.135. The summed E-state index contributed by atoms with van der Waals surface area (Å²) in [6.07, 6.45) is 3.30.